The second-order valence-electron chi connectivity index (χ2n) is 7.72. The van der Waals surface area contributed by atoms with E-state index in [1.165, 1.54) is 34.7 Å². The molecule has 1 spiro atoms. The molecule has 2 aliphatic rings. The monoisotopic (exact) mass is 435 g/mol. The molecule has 1 aromatic rings. The second kappa shape index (κ2) is 8.32. The average Bonchev–Trinajstić information content (AvgIpc) is 3.32. The predicted octanol–water partition coefficient (Wildman–Crippen LogP) is -2.45. The molecule has 3 rings (SSSR count). The first kappa shape index (κ1) is 22.2. The molecule has 0 aromatic carbocycles. The molecule has 0 radical (unpaired) electrons. The summed E-state index contributed by atoms with van der Waals surface area (Å²) < 4.78 is 6.25. The second-order valence-corrected chi connectivity index (χ2v) is 7.72. The molecule has 2 saturated heterocycles. The minimum atomic E-state index is -1.23. The number of rotatable bonds is 7. The molecule has 13 heteroatoms. The zero-order valence-electron chi connectivity index (χ0n) is 17.5. The van der Waals surface area contributed by atoms with Crippen molar-refractivity contribution in [3.63, 3.8) is 0 Å². The molecule has 0 bridgehead atoms. The molecule has 0 aliphatic carbocycles. The molecule has 3 atom stereocenters. The number of ether oxygens (including phenoxy) is 1. The molecule has 168 valence electrons. The lowest BCUT2D eigenvalue weighted by atomic mass is 9.85. The highest BCUT2D eigenvalue weighted by Gasteiger charge is 2.60. The van der Waals surface area contributed by atoms with E-state index in [4.69, 9.17) is 10.5 Å². The van der Waals surface area contributed by atoms with E-state index in [1.807, 2.05) is 0 Å². The van der Waals surface area contributed by atoms with Gasteiger partial charge < -0.3 is 25.6 Å². The van der Waals surface area contributed by atoms with E-state index in [0.717, 1.165) is 0 Å². The fourth-order valence-corrected chi connectivity index (χ4v) is 4.10. The van der Waals surface area contributed by atoms with Crippen LogP contribution in [0.15, 0.2) is 6.33 Å². The maximum Gasteiger partial charge on any atom is 0.302 e. The van der Waals surface area contributed by atoms with Crippen LogP contribution in [0.1, 0.15) is 37.3 Å². The number of aryl methyl sites for hydroxylation is 1. The van der Waals surface area contributed by atoms with Crippen molar-refractivity contribution in [3.8, 4) is 0 Å². The molecule has 13 nitrogen and oxygen atoms in total. The third-order valence-corrected chi connectivity index (χ3v) is 5.55. The zero-order valence-corrected chi connectivity index (χ0v) is 17.5. The molecule has 3 N–H and O–H groups in total. The van der Waals surface area contributed by atoms with Crippen LogP contribution in [0.3, 0.4) is 0 Å². The van der Waals surface area contributed by atoms with Gasteiger partial charge in [-0.25, -0.2) is 9.67 Å². The maximum absolute atomic E-state index is 12.9. The van der Waals surface area contributed by atoms with Crippen LogP contribution in [0.25, 0.3) is 0 Å². The van der Waals surface area contributed by atoms with Gasteiger partial charge in [-0.3, -0.25) is 24.0 Å². The Hall–Kier alpha value is -3.51. The molecule has 2 aliphatic heterocycles. The normalized spacial score (nSPS) is 22.1. The van der Waals surface area contributed by atoms with E-state index < -0.39 is 35.5 Å². The summed E-state index contributed by atoms with van der Waals surface area (Å²) in [7, 11) is 1.59. The van der Waals surface area contributed by atoms with Crippen molar-refractivity contribution in [2.75, 3.05) is 19.6 Å². The number of β-lactam (4-membered cyclic amide) rings is 1. The SMILES string of the molecule is CC(=O)O[C@H](C)[C@H](NC(=O)CN1CC2(CCCN2C(=O)c2ncnn2C)C1=O)C(N)=O. The summed E-state index contributed by atoms with van der Waals surface area (Å²) in [5.41, 5.74) is 4.29. The minimum Gasteiger partial charge on any atom is -0.460 e. The fraction of sp³-hybridized carbons (Fsp3) is 0.611. The van der Waals surface area contributed by atoms with Crippen LogP contribution in [-0.4, -0.2) is 91.5 Å². The molecule has 1 unspecified atom stereocenters. The quantitative estimate of drug-likeness (QED) is 0.351. The summed E-state index contributed by atoms with van der Waals surface area (Å²) in [5, 5.41) is 6.29. The molecular weight excluding hydrogens is 410 g/mol. The van der Waals surface area contributed by atoms with Gasteiger partial charge in [0.15, 0.2) is 0 Å². The third-order valence-electron chi connectivity index (χ3n) is 5.55. The lowest BCUT2D eigenvalue weighted by molar-refractivity contribution is -0.161. The van der Waals surface area contributed by atoms with Crippen LogP contribution in [0.4, 0.5) is 0 Å². The lowest BCUT2D eigenvalue weighted by Gasteiger charge is -2.50. The van der Waals surface area contributed by atoms with Crippen molar-refractivity contribution in [1.29, 1.82) is 0 Å². The topological polar surface area (TPSA) is 170 Å². The minimum absolute atomic E-state index is 0.133. The molecular formula is C18H25N7O6. The summed E-state index contributed by atoms with van der Waals surface area (Å²) in [6, 6.07) is -1.23. The number of aromatic nitrogens is 3. The van der Waals surface area contributed by atoms with Crippen LogP contribution in [0.2, 0.25) is 0 Å². The highest BCUT2D eigenvalue weighted by molar-refractivity contribution is 6.02. The van der Waals surface area contributed by atoms with E-state index in [9.17, 15) is 24.0 Å². The highest BCUT2D eigenvalue weighted by atomic mass is 16.5. The van der Waals surface area contributed by atoms with Crippen molar-refractivity contribution in [1.82, 2.24) is 29.9 Å². The van der Waals surface area contributed by atoms with Crippen molar-refractivity contribution >= 4 is 29.6 Å². The number of hydrogen-bond donors (Lipinski definition) is 2. The standard InChI is InChI=1S/C18H25N7O6/c1-10(31-11(2)26)13(14(19)28)22-12(27)7-24-8-18(17(24)30)5-4-6-25(18)16(29)15-20-9-21-23(15)3/h9-10,13H,4-8H2,1-3H3,(H2,19,28)(H,22,27)/t10-,13+,18?/m1/s1. The van der Waals surface area contributed by atoms with Gasteiger partial charge in [0.1, 0.15) is 24.0 Å². The van der Waals surface area contributed by atoms with Crippen LogP contribution < -0.4 is 11.1 Å². The highest BCUT2D eigenvalue weighted by Crippen LogP contribution is 2.39. The van der Waals surface area contributed by atoms with Crippen molar-refractivity contribution < 1.29 is 28.7 Å². The van der Waals surface area contributed by atoms with E-state index in [0.29, 0.717) is 19.4 Å². The van der Waals surface area contributed by atoms with Crippen molar-refractivity contribution in [3.05, 3.63) is 12.2 Å². The van der Waals surface area contributed by atoms with Gasteiger partial charge in [-0.2, -0.15) is 5.10 Å². The molecule has 4 amide bonds. The molecule has 2 fully saturated rings. The Labute approximate surface area is 177 Å². The van der Waals surface area contributed by atoms with E-state index >= 15 is 0 Å². The fourth-order valence-electron chi connectivity index (χ4n) is 4.10. The number of hydrogen-bond acceptors (Lipinski definition) is 8. The van der Waals surface area contributed by atoms with Gasteiger partial charge in [0.05, 0.1) is 13.1 Å². The number of esters is 1. The summed E-state index contributed by atoms with van der Waals surface area (Å²) in [6.07, 6.45) is 1.44. The van der Waals surface area contributed by atoms with Gasteiger partial charge in [0.25, 0.3) is 11.8 Å². The zero-order chi connectivity index (χ0) is 22.9. The number of amides is 4. The number of nitrogens with one attached hydrogen (secondary N) is 1. The number of primary amides is 1. The molecule has 1 aromatic heterocycles. The van der Waals surface area contributed by atoms with Crippen molar-refractivity contribution in [2.45, 2.75) is 44.4 Å². The largest absolute Gasteiger partial charge is 0.460 e. The number of carbonyl (C=O) groups excluding carboxylic acids is 5. The Morgan fingerprint density at radius 1 is 1.35 bits per heavy atom. The Balaban J connectivity index is 1.63. The van der Waals surface area contributed by atoms with Gasteiger partial charge in [0.2, 0.25) is 17.6 Å². The number of carbonyl (C=O) groups is 5. The van der Waals surface area contributed by atoms with E-state index in [-0.39, 0.29) is 30.7 Å². The van der Waals surface area contributed by atoms with Crippen molar-refractivity contribution in [2.24, 2.45) is 12.8 Å². The number of likely N-dealkylation sites (tertiary alicyclic amines) is 2. The number of nitrogens with zero attached hydrogens (tertiary/aromatic N) is 5. The Bertz CT molecular complexity index is 930. The first-order chi connectivity index (χ1) is 14.6. The Morgan fingerprint density at radius 2 is 2.06 bits per heavy atom. The third kappa shape index (κ3) is 4.07. The van der Waals surface area contributed by atoms with E-state index in [1.54, 1.807) is 7.05 Å². The first-order valence-corrected chi connectivity index (χ1v) is 9.78. The molecule has 31 heavy (non-hydrogen) atoms. The Morgan fingerprint density at radius 3 is 2.61 bits per heavy atom. The van der Waals surface area contributed by atoms with Gasteiger partial charge in [-0.05, 0) is 19.8 Å². The summed E-state index contributed by atoms with van der Waals surface area (Å²) >= 11 is 0. The van der Waals surface area contributed by atoms with Crippen LogP contribution >= 0.6 is 0 Å². The smallest absolute Gasteiger partial charge is 0.302 e. The molecule has 3 heterocycles. The van der Waals surface area contributed by atoms with Crippen LogP contribution in [-0.2, 0) is 31.0 Å². The predicted molar refractivity (Wildman–Crippen MR) is 103 cm³/mol. The van der Waals surface area contributed by atoms with Crippen LogP contribution in [0.5, 0.6) is 0 Å². The lowest BCUT2D eigenvalue weighted by Crippen LogP contribution is -2.74. The molecule has 0 saturated carbocycles. The first-order valence-electron chi connectivity index (χ1n) is 9.78. The van der Waals surface area contributed by atoms with Gasteiger partial charge >= 0.3 is 5.97 Å². The summed E-state index contributed by atoms with van der Waals surface area (Å²) in [5.74, 6) is -2.73. The summed E-state index contributed by atoms with van der Waals surface area (Å²) in [6.45, 7) is 2.87. The maximum atomic E-state index is 12.9. The average molecular weight is 435 g/mol. The van der Waals surface area contributed by atoms with Crippen LogP contribution in [0, 0.1) is 0 Å². The van der Waals surface area contributed by atoms with Gasteiger partial charge in [-0.1, -0.05) is 0 Å². The number of nitrogens with two attached hydrogens (primary N) is 1. The van der Waals surface area contributed by atoms with Gasteiger partial charge in [-0.15, -0.1) is 0 Å². The van der Waals surface area contributed by atoms with Gasteiger partial charge in [0, 0.05) is 20.5 Å². The van der Waals surface area contributed by atoms with E-state index in [2.05, 4.69) is 15.4 Å². The Kier molecular flexibility index (Phi) is 5.95. The summed E-state index contributed by atoms with van der Waals surface area (Å²) in [4.78, 5) is 67.7.